The van der Waals surface area contributed by atoms with Crippen LogP contribution in [0.1, 0.15) is 12.8 Å². The van der Waals surface area contributed by atoms with Crippen molar-refractivity contribution in [1.29, 1.82) is 0 Å². The molecule has 2 heterocycles. The second kappa shape index (κ2) is 7.75. The number of nitrogens with one attached hydrogen (secondary N) is 1. The van der Waals surface area contributed by atoms with Crippen molar-refractivity contribution in [2.24, 2.45) is 13.0 Å². The number of rotatable bonds is 3. The van der Waals surface area contributed by atoms with E-state index in [0.717, 1.165) is 5.69 Å². The van der Waals surface area contributed by atoms with Gasteiger partial charge in [-0.15, -0.1) is 0 Å². The lowest BCUT2D eigenvalue weighted by molar-refractivity contribution is -0.120. The van der Waals surface area contributed by atoms with Crippen LogP contribution < -0.4 is 15.8 Å². The molecule has 138 valence electrons. The van der Waals surface area contributed by atoms with Gasteiger partial charge in [-0.05, 0) is 47.0 Å². The summed E-state index contributed by atoms with van der Waals surface area (Å²) in [7, 11) is 1.59. The third-order valence-electron chi connectivity index (χ3n) is 4.45. The van der Waals surface area contributed by atoms with Crippen molar-refractivity contribution in [3.63, 3.8) is 0 Å². The summed E-state index contributed by atoms with van der Waals surface area (Å²) in [5.74, 6) is -0.798. The highest BCUT2D eigenvalue weighted by Gasteiger charge is 2.27. The molecule has 1 amide bonds. The van der Waals surface area contributed by atoms with Gasteiger partial charge in [-0.1, -0.05) is 11.6 Å². The van der Waals surface area contributed by atoms with Crippen molar-refractivity contribution < 1.29 is 9.18 Å². The minimum Gasteiger partial charge on any atom is -0.369 e. The van der Waals surface area contributed by atoms with E-state index in [1.165, 1.54) is 22.9 Å². The first kappa shape index (κ1) is 18.8. The topological polar surface area (TPSA) is 67.2 Å². The molecule has 0 unspecified atom stereocenters. The zero-order valence-electron chi connectivity index (χ0n) is 14.0. The van der Waals surface area contributed by atoms with Crippen LogP contribution in [0.25, 0.3) is 0 Å². The number of anilines is 2. The highest BCUT2D eigenvalue weighted by atomic mass is 79.9. The maximum atomic E-state index is 13.2. The van der Waals surface area contributed by atoms with Gasteiger partial charge in [0.1, 0.15) is 10.3 Å². The van der Waals surface area contributed by atoms with Crippen LogP contribution in [0, 0.1) is 11.7 Å². The van der Waals surface area contributed by atoms with Gasteiger partial charge in [0.25, 0.3) is 5.56 Å². The van der Waals surface area contributed by atoms with Crippen LogP contribution in [0.3, 0.4) is 0 Å². The standard InChI is InChI=1S/C17H17BrClFN4O2/c1-23-17(26)15(18)14(9-21-23)24-6-4-10(5-7-24)16(25)22-11-2-3-13(20)12(19)8-11/h2-3,8-10H,4-7H2,1H3,(H,22,25). The lowest BCUT2D eigenvalue weighted by atomic mass is 9.95. The van der Waals surface area contributed by atoms with Crippen LogP contribution in [0.5, 0.6) is 0 Å². The predicted molar refractivity (Wildman–Crippen MR) is 102 cm³/mol. The van der Waals surface area contributed by atoms with Crippen molar-refractivity contribution in [1.82, 2.24) is 9.78 Å². The molecule has 0 aliphatic carbocycles. The number of carbonyl (C=O) groups is 1. The van der Waals surface area contributed by atoms with E-state index in [4.69, 9.17) is 11.6 Å². The molecule has 6 nitrogen and oxygen atoms in total. The number of amides is 1. The minimum atomic E-state index is -0.522. The summed E-state index contributed by atoms with van der Waals surface area (Å²) in [5.41, 5.74) is 1.01. The Bertz CT molecular complexity index is 897. The molecule has 26 heavy (non-hydrogen) atoms. The zero-order valence-corrected chi connectivity index (χ0v) is 16.3. The molecule has 1 aliphatic heterocycles. The molecule has 3 rings (SSSR count). The van der Waals surface area contributed by atoms with E-state index >= 15 is 0 Å². The van der Waals surface area contributed by atoms with Crippen molar-refractivity contribution in [2.45, 2.75) is 12.8 Å². The van der Waals surface area contributed by atoms with Crippen molar-refractivity contribution in [2.75, 3.05) is 23.3 Å². The van der Waals surface area contributed by atoms with Crippen LogP contribution in [-0.2, 0) is 11.8 Å². The highest BCUT2D eigenvalue weighted by molar-refractivity contribution is 9.10. The maximum Gasteiger partial charge on any atom is 0.282 e. The largest absolute Gasteiger partial charge is 0.369 e. The minimum absolute atomic E-state index is 0.0272. The Labute approximate surface area is 163 Å². The van der Waals surface area contributed by atoms with E-state index in [-0.39, 0.29) is 22.4 Å². The molecule has 0 saturated carbocycles. The summed E-state index contributed by atoms with van der Waals surface area (Å²) >= 11 is 9.07. The van der Waals surface area contributed by atoms with Crippen LogP contribution in [0.2, 0.25) is 5.02 Å². The fourth-order valence-electron chi connectivity index (χ4n) is 2.92. The summed E-state index contributed by atoms with van der Waals surface area (Å²) in [6.45, 7) is 1.27. The molecular formula is C17H17BrClFN4O2. The third-order valence-corrected chi connectivity index (χ3v) is 5.49. The first-order valence-corrected chi connectivity index (χ1v) is 9.26. The lowest BCUT2D eigenvalue weighted by Crippen LogP contribution is -2.39. The lowest BCUT2D eigenvalue weighted by Gasteiger charge is -2.33. The van der Waals surface area contributed by atoms with E-state index in [2.05, 4.69) is 26.3 Å². The van der Waals surface area contributed by atoms with E-state index in [1.54, 1.807) is 13.2 Å². The second-order valence-electron chi connectivity index (χ2n) is 6.15. The Balaban J connectivity index is 1.63. The van der Waals surface area contributed by atoms with Crippen molar-refractivity contribution in [3.05, 3.63) is 50.1 Å². The van der Waals surface area contributed by atoms with Gasteiger partial charge < -0.3 is 10.2 Å². The Kier molecular flexibility index (Phi) is 5.62. The van der Waals surface area contributed by atoms with Gasteiger partial charge in [-0.2, -0.15) is 5.10 Å². The molecule has 0 atom stereocenters. The number of benzene rings is 1. The van der Waals surface area contributed by atoms with Gasteiger partial charge in [0.2, 0.25) is 5.91 Å². The van der Waals surface area contributed by atoms with Gasteiger partial charge in [0, 0.05) is 31.7 Å². The zero-order chi connectivity index (χ0) is 18.8. The van der Waals surface area contributed by atoms with E-state index in [1.807, 2.05) is 4.90 Å². The first-order valence-electron chi connectivity index (χ1n) is 8.09. The van der Waals surface area contributed by atoms with Crippen LogP contribution in [-0.4, -0.2) is 28.8 Å². The second-order valence-corrected chi connectivity index (χ2v) is 7.35. The van der Waals surface area contributed by atoms with E-state index < -0.39 is 5.82 Å². The molecule has 9 heteroatoms. The monoisotopic (exact) mass is 442 g/mol. The SMILES string of the molecule is Cn1ncc(N2CCC(C(=O)Nc3ccc(F)c(Cl)c3)CC2)c(Br)c1=O. The van der Waals surface area contributed by atoms with Crippen LogP contribution in [0.15, 0.2) is 33.7 Å². The normalized spacial score (nSPS) is 15.2. The number of piperidine rings is 1. The van der Waals surface area contributed by atoms with Gasteiger partial charge in [-0.3, -0.25) is 9.59 Å². The fraction of sp³-hybridized carbons (Fsp3) is 0.353. The number of carbonyl (C=O) groups excluding carboxylic acids is 1. The van der Waals surface area contributed by atoms with Gasteiger partial charge >= 0.3 is 0 Å². The molecule has 1 aromatic carbocycles. The average Bonchev–Trinajstić information content (AvgIpc) is 2.63. The molecule has 1 aliphatic rings. The fourth-order valence-corrected chi connectivity index (χ4v) is 3.71. The number of aryl methyl sites for hydroxylation is 1. The highest BCUT2D eigenvalue weighted by Crippen LogP contribution is 2.28. The van der Waals surface area contributed by atoms with E-state index in [0.29, 0.717) is 36.1 Å². The Morgan fingerprint density at radius 2 is 2.08 bits per heavy atom. The Morgan fingerprint density at radius 1 is 1.38 bits per heavy atom. The van der Waals surface area contributed by atoms with Crippen LogP contribution in [0.4, 0.5) is 15.8 Å². The molecule has 0 radical (unpaired) electrons. The summed E-state index contributed by atoms with van der Waals surface area (Å²) in [6.07, 6.45) is 2.93. The summed E-state index contributed by atoms with van der Waals surface area (Å²) in [6, 6.07) is 4.10. The van der Waals surface area contributed by atoms with Crippen molar-refractivity contribution >= 4 is 44.8 Å². The number of aromatic nitrogens is 2. The molecule has 1 saturated heterocycles. The number of hydrogen-bond acceptors (Lipinski definition) is 4. The molecule has 0 bridgehead atoms. The third kappa shape index (κ3) is 3.91. The molecule has 0 spiro atoms. The molecule has 1 fully saturated rings. The van der Waals surface area contributed by atoms with Crippen molar-refractivity contribution in [3.8, 4) is 0 Å². The van der Waals surface area contributed by atoms with E-state index in [9.17, 15) is 14.0 Å². The molecule has 1 aromatic heterocycles. The average molecular weight is 444 g/mol. The van der Waals surface area contributed by atoms with Gasteiger partial charge in [0.05, 0.1) is 16.9 Å². The Hall–Kier alpha value is -1.93. The summed E-state index contributed by atoms with van der Waals surface area (Å²) in [4.78, 5) is 26.5. The smallest absolute Gasteiger partial charge is 0.282 e. The molecular weight excluding hydrogens is 427 g/mol. The van der Waals surface area contributed by atoms with Gasteiger partial charge in [-0.25, -0.2) is 9.07 Å². The van der Waals surface area contributed by atoms with Gasteiger partial charge in [0.15, 0.2) is 0 Å². The first-order chi connectivity index (χ1) is 12.4. The quantitative estimate of drug-likeness (QED) is 0.791. The number of hydrogen-bond donors (Lipinski definition) is 1. The Morgan fingerprint density at radius 3 is 2.73 bits per heavy atom. The maximum absolute atomic E-state index is 13.2. The number of halogens is 3. The molecule has 1 N–H and O–H groups in total. The predicted octanol–water partition coefficient (Wildman–Crippen LogP) is 3.19. The van der Waals surface area contributed by atoms with Crippen LogP contribution >= 0.6 is 27.5 Å². The number of nitrogens with zero attached hydrogens (tertiary/aromatic N) is 3. The summed E-state index contributed by atoms with van der Waals surface area (Å²) in [5, 5.41) is 6.80. The molecule has 2 aromatic rings. The summed E-state index contributed by atoms with van der Waals surface area (Å²) < 4.78 is 14.9.